The van der Waals surface area contributed by atoms with Crippen LogP contribution in [0.3, 0.4) is 0 Å². The van der Waals surface area contributed by atoms with Crippen LogP contribution < -0.4 is 0 Å². The Hall–Kier alpha value is -3.78. The van der Waals surface area contributed by atoms with Crippen molar-refractivity contribution in [2.24, 2.45) is 0 Å². The second kappa shape index (κ2) is 21.1. The van der Waals surface area contributed by atoms with Crippen molar-refractivity contribution in [3.63, 3.8) is 0 Å². The van der Waals surface area contributed by atoms with Gasteiger partial charge < -0.3 is 0 Å². The quantitative estimate of drug-likeness (QED) is 0.115. The first kappa shape index (κ1) is 43.3. The first-order valence-electron chi connectivity index (χ1n) is 19.4. The number of fused-ring (bicyclic) bond motifs is 2. The molecule has 0 saturated heterocycles. The molecule has 8 aromatic rings. The van der Waals surface area contributed by atoms with Crippen molar-refractivity contribution in [2.45, 2.75) is 66.5 Å². The minimum absolute atomic E-state index is 0.485. The van der Waals surface area contributed by atoms with E-state index in [4.69, 9.17) is 17.0 Å². The van der Waals surface area contributed by atoms with Gasteiger partial charge in [-0.25, -0.2) is 0 Å². The van der Waals surface area contributed by atoms with Crippen molar-refractivity contribution in [3.8, 4) is 44.5 Å². The Morgan fingerprint density at radius 1 is 0.464 bits per heavy atom. The van der Waals surface area contributed by atoms with Crippen LogP contribution in [-0.4, -0.2) is 9.52 Å². The minimum atomic E-state index is -0.826. The molecule has 4 heteroatoms. The van der Waals surface area contributed by atoms with E-state index in [1.54, 1.807) is 0 Å². The van der Waals surface area contributed by atoms with Gasteiger partial charge in [0.1, 0.15) is 0 Å². The molecule has 0 unspecified atom stereocenters. The van der Waals surface area contributed by atoms with Crippen LogP contribution in [0.25, 0.3) is 66.1 Å². The van der Waals surface area contributed by atoms with E-state index in [0.717, 1.165) is 9.52 Å². The van der Waals surface area contributed by atoms with Crippen molar-refractivity contribution < 1.29 is 20.8 Å². The van der Waals surface area contributed by atoms with E-state index in [2.05, 4.69) is 212 Å². The van der Waals surface area contributed by atoms with Crippen LogP contribution in [0.2, 0.25) is 13.1 Å². The van der Waals surface area contributed by atoms with E-state index < -0.39 is 20.8 Å². The Labute approximate surface area is 357 Å². The molecule has 282 valence electrons. The molecule has 0 atom stereocenters. The average Bonchev–Trinajstić information content (AvgIpc) is 3.79. The summed E-state index contributed by atoms with van der Waals surface area (Å²) in [6, 6.07) is 57.4. The van der Waals surface area contributed by atoms with Crippen LogP contribution in [0.5, 0.6) is 0 Å². The van der Waals surface area contributed by atoms with Gasteiger partial charge in [0.2, 0.25) is 0 Å². The van der Waals surface area contributed by atoms with Crippen LogP contribution in [0.15, 0.2) is 158 Å². The molecule has 0 aliphatic carbocycles. The van der Waals surface area contributed by atoms with Crippen molar-refractivity contribution >= 4 is 48.1 Å². The summed E-state index contributed by atoms with van der Waals surface area (Å²) in [5.74, 6) is 0.969. The maximum absolute atomic E-state index is 4.93. The van der Waals surface area contributed by atoms with E-state index in [0.29, 0.717) is 11.8 Å². The molecule has 56 heavy (non-hydrogen) atoms. The van der Waals surface area contributed by atoms with Gasteiger partial charge in [-0.1, -0.05) is 186 Å². The predicted molar refractivity (Wildman–Crippen MR) is 248 cm³/mol. The van der Waals surface area contributed by atoms with Crippen LogP contribution in [0, 0.1) is 13.8 Å². The van der Waals surface area contributed by atoms with E-state index >= 15 is 0 Å². The normalized spacial score (nSPS) is 10.6. The SMILES string of the molecule is C[Si]C.Cc1cc2c(-c3ccccc3-c3ccccc3)c(C(C)C)ccc2[cH-]1.Cc1cc2c(-c3ccccc3-c3ccccc3)c(C(C)C)ccc2[cH-]1.[Cl][Zr+2][Cl]. The average molecular weight is 867 g/mol. The molecule has 0 aromatic heterocycles. The third kappa shape index (κ3) is 10.4. The summed E-state index contributed by atoms with van der Waals surface area (Å²) in [4.78, 5) is 0. The molecule has 2 radical (unpaired) electrons. The zero-order chi connectivity index (χ0) is 40.2. The first-order valence-corrected chi connectivity index (χ1v) is 27.7. The Bertz CT molecular complexity index is 2260. The van der Waals surface area contributed by atoms with Gasteiger partial charge in [0.05, 0.1) is 0 Å². The molecule has 0 aliphatic heterocycles. The van der Waals surface area contributed by atoms with Crippen molar-refractivity contribution in [2.75, 3.05) is 0 Å². The Balaban J connectivity index is 0.000000188. The Kier molecular flexibility index (Phi) is 16.3. The third-order valence-corrected chi connectivity index (χ3v) is 9.94. The van der Waals surface area contributed by atoms with Gasteiger partial charge in [-0.05, 0) is 45.2 Å². The van der Waals surface area contributed by atoms with E-state index in [9.17, 15) is 0 Å². The standard InChI is InChI=1S/2C25H23.C2H6Si.2ClH.Zr/c2*1-17(2)21-14-13-20-15-18(3)16-24(20)25(21)23-12-8-7-11-22(23)19-9-5-4-6-10-19;1-3-2;;;/h2*4-17H,1-3H3;1-2H3;2*1H;/q2*-1;;;;+4/p-2. The molecule has 0 bridgehead atoms. The molecular weight excluding hydrogens is 815 g/mol. The van der Waals surface area contributed by atoms with Gasteiger partial charge in [-0.3, -0.25) is 0 Å². The van der Waals surface area contributed by atoms with Gasteiger partial charge in [0.15, 0.2) is 0 Å². The van der Waals surface area contributed by atoms with E-state index in [1.165, 1.54) is 88.3 Å². The summed E-state index contributed by atoms with van der Waals surface area (Å²) in [6.07, 6.45) is 0. The van der Waals surface area contributed by atoms with E-state index in [1.807, 2.05) is 0 Å². The van der Waals surface area contributed by atoms with E-state index in [-0.39, 0.29) is 0 Å². The number of halogens is 2. The monoisotopic (exact) mass is 864 g/mol. The first-order chi connectivity index (χ1) is 27.1. The number of hydrogen-bond acceptors (Lipinski definition) is 0. The Morgan fingerprint density at radius 2 is 0.768 bits per heavy atom. The fourth-order valence-electron chi connectivity index (χ4n) is 7.60. The number of benzene rings is 6. The van der Waals surface area contributed by atoms with Crippen molar-refractivity contribution in [3.05, 3.63) is 180 Å². The molecule has 8 rings (SSSR count). The predicted octanol–water partition coefficient (Wildman–Crippen LogP) is 16.8. The summed E-state index contributed by atoms with van der Waals surface area (Å²) in [7, 11) is 11.0. The topological polar surface area (TPSA) is 0 Å². The summed E-state index contributed by atoms with van der Waals surface area (Å²) in [6.45, 7) is 17.8. The van der Waals surface area contributed by atoms with Gasteiger partial charge >= 0.3 is 37.9 Å². The molecule has 0 fully saturated rings. The fraction of sp³-hybridized carbons (Fsp3) is 0.192. The second-order valence-corrected chi connectivity index (χ2v) is 19.6. The molecule has 0 spiro atoms. The molecule has 0 amide bonds. The van der Waals surface area contributed by atoms with Gasteiger partial charge in [0, 0.05) is 9.52 Å². The van der Waals surface area contributed by atoms with Crippen LogP contribution in [0.4, 0.5) is 0 Å². The summed E-state index contributed by atoms with van der Waals surface area (Å²) in [5.41, 5.74) is 16.1. The van der Waals surface area contributed by atoms with Gasteiger partial charge in [-0.2, -0.15) is 12.1 Å². The van der Waals surface area contributed by atoms with Crippen molar-refractivity contribution in [1.29, 1.82) is 0 Å². The molecule has 0 N–H and O–H groups in total. The van der Waals surface area contributed by atoms with Gasteiger partial charge in [-0.15, -0.1) is 69.1 Å². The van der Waals surface area contributed by atoms with Crippen LogP contribution >= 0.6 is 17.0 Å². The maximum atomic E-state index is 4.93. The summed E-state index contributed by atoms with van der Waals surface area (Å²) < 4.78 is 0. The zero-order valence-electron chi connectivity index (χ0n) is 33.9. The summed E-state index contributed by atoms with van der Waals surface area (Å²) >= 11 is -0.826. The molecule has 0 aliphatic rings. The fourth-order valence-corrected chi connectivity index (χ4v) is 7.60. The van der Waals surface area contributed by atoms with Crippen LogP contribution in [0.1, 0.15) is 61.8 Å². The number of aryl methyl sites for hydroxylation is 2. The number of hydrogen-bond donors (Lipinski definition) is 0. The zero-order valence-corrected chi connectivity index (χ0v) is 38.9. The van der Waals surface area contributed by atoms with Crippen molar-refractivity contribution in [1.82, 2.24) is 0 Å². The second-order valence-electron chi connectivity index (χ2n) is 14.8. The molecule has 0 saturated carbocycles. The molecule has 0 nitrogen and oxygen atoms in total. The van der Waals surface area contributed by atoms with Crippen LogP contribution in [-0.2, 0) is 20.8 Å². The molecular formula is C52H52Cl2SiZr. The Morgan fingerprint density at radius 3 is 1.09 bits per heavy atom. The van der Waals surface area contributed by atoms with Gasteiger partial charge in [0.25, 0.3) is 0 Å². The third-order valence-electron chi connectivity index (χ3n) is 9.94. The molecule has 0 heterocycles. The number of rotatable bonds is 6. The molecule has 8 aromatic carbocycles. The summed E-state index contributed by atoms with van der Waals surface area (Å²) in [5, 5.41) is 5.40.